The number of halogens is 2. The molecule has 0 radical (unpaired) electrons. The van der Waals surface area contributed by atoms with Crippen LogP contribution < -0.4 is 10.6 Å². The number of piperidine rings is 1. The van der Waals surface area contributed by atoms with E-state index in [0.29, 0.717) is 23.9 Å². The van der Waals surface area contributed by atoms with Gasteiger partial charge in [0.2, 0.25) is 0 Å². The van der Waals surface area contributed by atoms with Crippen molar-refractivity contribution in [3.63, 3.8) is 0 Å². The molecule has 0 bridgehead atoms. The Hall–Kier alpha value is -1.60. The third-order valence-corrected chi connectivity index (χ3v) is 4.86. The molecule has 2 N–H and O–H groups in total. The number of amides is 1. The van der Waals surface area contributed by atoms with Crippen LogP contribution in [-0.4, -0.2) is 44.4 Å². The third kappa shape index (κ3) is 4.98. The van der Waals surface area contributed by atoms with Gasteiger partial charge in [0.05, 0.1) is 6.61 Å². The van der Waals surface area contributed by atoms with Crippen molar-refractivity contribution in [2.75, 3.05) is 33.4 Å². The van der Waals surface area contributed by atoms with Crippen LogP contribution in [0.5, 0.6) is 0 Å². The fraction of sp³-hybridized carbons (Fsp3) is 0.444. The van der Waals surface area contributed by atoms with E-state index < -0.39 is 0 Å². The first-order chi connectivity index (χ1) is 12.1. The van der Waals surface area contributed by atoms with Crippen LogP contribution in [-0.2, 0) is 4.74 Å². The van der Waals surface area contributed by atoms with Gasteiger partial charge < -0.3 is 19.9 Å². The third-order valence-electron chi connectivity index (χ3n) is 4.61. The highest BCUT2D eigenvalue weighted by atomic mass is 35.5. The van der Waals surface area contributed by atoms with E-state index in [9.17, 15) is 4.79 Å². The SMILES string of the molecule is COCC1(CNC(=O)c2cc(-c3ccc(Cl)cc3)on2)CCNCC1.Cl. The van der Waals surface area contributed by atoms with Gasteiger partial charge >= 0.3 is 0 Å². The topological polar surface area (TPSA) is 76.4 Å². The van der Waals surface area contributed by atoms with Gasteiger partial charge in [0.15, 0.2) is 11.5 Å². The molecule has 1 aliphatic heterocycles. The minimum Gasteiger partial charge on any atom is -0.384 e. The molecule has 0 aliphatic carbocycles. The molecular weight excluding hydrogens is 377 g/mol. The van der Waals surface area contributed by atoms with Gasteiger partial charge in [0.1, 0.15) is 0 Å². The number of carbonyl (C=O) groups is 1. The lowest BCUT2D eigenvalue weighted by molar-refractivity contribution is 0.0510. The highest BCUT2D eigenvalue weighted by Crippen LogP contribution is 2.28. The predicted molar refractivity (Wildman–Crippen MR) is 103 cm³/mol. The Balaban J connectivity index is 0.00000243. The minimum atomic E-state index is -0.238. The van der Waals surface area contributed by atoms with Crippen molar-refractivity contribution >= 4 is 29.9 Å². The molecule has 1 aliphatic rings. The van der Waals surface area contributed by atoms with Crippen LogP contribution in [0.15, 0.2) is 34.9 Å². The molecule has 1 fully saturated rings. The van der Waals surface area contributed by atoms with E-state index in [1.807, 2.05) is 12.1 Å². The highest BCUT2D eigenvalue weighted by Gasteiger charge is 2.32. The van der Waals surface area contributed by atoms with Gasteiger partial charge in [-0.25, -0.2) is 0 Å². The van der Waals surface area contributed by atoms with E-state index in [1.165, 1.54) is 0 Å². The molecule has 1 aromatic heterocycles. The van der Waals surface area contributed by atoms with Crippen LogP contribution in [0, 0.1) is 5.41 Å². The van der Waals surface area contributed by atoms with Crippen molar-refractivity contribution < 1.29 is 14.1 Å². The lowest BCUT2D eigenvalue weighted by atomic mass is 9.79. The summed E-state index contributed by atoms with van der Waals surface area (Å²) in [6.45, 7) is 3.06. The normalized spacial score (nSPS) is 15.9. The zero-order chi connectivity index (χ0) is 17.7. The predicted octanol–water partition coefficient (Wildman–Crippen LogP) is 3.16. The fourth-order valence-corrected chi connectivity index (χ4v) is 3.25. The lowest BCUT2D eigenvalue weighted by Crippen LogP contribution is -2.47. The second-order valence-electron chi connectivity index (χ2n) is 6.45. The molecule has 26 heavy (non-hydrogen) atoms. The summed E-state index contributed by atoms with van der Waals surface area (Å²) in [4.78, 5) is 12.4. The van der Waals surface area contributed by atoms with Crippen molar-refractivity contribution in [2.45, 2.75) is 12.8 Å². The first-order valence-corrected chi connectivity index (χ1v) is 8.70. The molecule has 2 heterocycles. The quantitative estimate of drug-likeness (QED) is 0.779. The van der Waals surface area contributed by atoms with Crippen LogP contribution in [0.2, 0.25) is 5.02 Å². The summed E-state index contributed by atoms with van der Waals surface area (Å²) in [6, 6.07) is 8.83. The maximum absolute atomic E-state index is 12.4. The maximum atomic E-state index is 12.4. The summed E-state index contributed by atoms with van der Waals surface area (Å²) in [5.41, 5.74) is 1.06. The molecule has 1 saturated heterocycles. The molecule has 6 nitrogen and oxygen atoms in total. The van der Waals surface area contributed by atoms with Gasteiger partial charge in [-0.3, -0.25) is 4.79 Å². The Morgan fingerprint density at radius 3 is 2.69 bits per heavy atom. The number of carbonyl (C=O) groups excluding carboxylic acids is 1. The summed E-state index contributed by atoms with van der Waals surface area (Å²) in [6.07, 6.45) is 1.94. The molecule has 0 saturated carbocycles. The Morgan fingerprint density at radius 1 is 1.35 bits per heavy atom. The molecule has 0 spiro atoms. The minimum absolute atomic E-state index is 0. The molecule has 0 unspecified atom stereocenters. The zero-order valence-corrected chi connectivity index (χ0v) is 16.2. The van der Waals surface area contributed by atoms with Gasteiger partial charge in [-0.1, -0.05) is 16.8 Å². The fourth-order valence-electron chi connectivity index (χ4n) is 3.13. The molecule has 1 aromatic carbocycles. The number of benzene rings is 1. The average Bonchev–Trinajstić information content (AvgIpc) is 3.12. The number of hydrogen-bond donors (Lipinski definition) is 2. The van der Waals surface area contributed by atoms with Gasteiger partial charge in [0, 0.05) is 35.7 Å². The summed E-state index contributed by atoms with van der Waals surface area (Å²) >= 11 is 5.88. The average molecular weight is 400 g/mol. The Kier molecular flexibility index (Phi) is 7.46. The maximum Gasteiger partial charge on any atom is 0.273 e. The molecule has 142 valence electrons. The Labute approximate surface area is 164 Å². The van der Waals surface area contributed by atoms with Crippen LogP contribution >= 0.6 is 24.0 Å². The van der Waals surface area contributed by atoms with Crippen molar-refractivity contribution in [3.05, 3.63) is 41.0 Å². The number of methoxy groups -OCH3 is 1. The Bertz CT molecular complexity index is 707. The molecule has 3 rings (SSSR count). The number of hydrogen-bond acceptors (Lipinski definition) is 5. The summed E-state index contributed by atoms with van der Waals surface area (Å²) < 4.78 is 10.7. The number of nitrogens with zero attached hydrogens (tertiary/aromatic N) is 1. The van der Waals surface area contributed by atoms with E-state index >= 15 is 0 Å². The van der Waals surface area contributed by atoms with Gasteiger partial charge in [-0.2, -0.15) is 0 Å². The molecule has 0 atom stereocenters. The van der Waals surface area contributed by atoms with E-state index in [-0.39, 0.29) is 29.4 Å². The molecule has 1 amide bonds. The van der Waals surface area contributed by atoms with Gasteiger partial charge in [-0.15, -0.1) is 12.4 Å². The van der Waals surface area contributed by atoms with Gasteiger partial charge in [-0.05, 0) is 50.2 Å². The van der Waals surface area contributed by atoms with E-state index in [0.717, 1.165) is 31.5 Å². The van der Waals surface area contributed by atoms with Crippen LogP contribution in [0.3, 0.4) is 0 Å². The lowest BCUT2D eigenvalue weighted by Gasteiger charge is -2.37. The second-order valence-corrected chi connectivity index (χ2v) is 6.89. The number of ether oxygens (including phenoxy) is 1. The monoisotopic (exact) mass is 399 g/mol. The second kappa shape index (κ2) is 9.37. The molecule has 2 aromatic rings. The van der Waals surface area contributed by atoms with Crippen molar-refractivity contribution in [2.24, 2.45) is 5.41 Å². The smallest absolute Gasteiger partial charge is 0.273 e. The number of nitrogens with one attached hydrogen (secondary N) is 2. The van der Waals surface area contributed by atoms with E-state index in [1.54, 1.807) is 25.3 Å². The highest BCUT2D eigenvalue weighted by molar-refractivity contribution is 6.30. The summed E-state index contributed by atoms with van der Waals surface area (Å²) in [7, 11) is 1.70. The van der Waals surface area contributed by atoms with Crippen LogP contribution in [0.25, 0.3) is 11.3 Å². The summed E-state index contributed by atoms with van der Waals surface area (Å²) in [5, 5.41) is 10.8. The van der Waals surface area contributed by atoms with Crippen LogP contribution in [0.4, 0.5) is 0 Å². The van der Waals surface area contributed by atoms with Gasteiger partial charge in [0.25, 0.3) is 5.91 Å². The number of aromatic nitrogens is 1. The molecule has 8 heteroatoms. The first-order valence-electron chi connectivity index (χ1n) is 8.32. The Morgan fingerprint density at radius 2 is 2.04 bits per heavy atom. The zero-order valence-electron chi connectivity index (χ0n) is 14.6. The van der Waals surface area contributed by atoms with Crippen LogP contribution in [0.1, 0.15) is 23.3 Å². The van der Waals surface area contributed by atoms with Crippen molar-refractivity contribution in [3.8, 4) is 11.3 Å². The van der Waals surface area contributed by atoms with E-state index in [2.05, 4.69) is 15.8 Å². The first kappa shape index (κ1) is 20.7. The number of rotatable bonds is 6. The molecular formula is C18H23Cl2N3O3. The standard InChI is InChI=1S/C18H22ClN3O3.ClH/c1-24-12-18(6-8-20-9-7-18)11-21-17(23)15-10-16(25-22-15)13-2-4-14(19)5-3-13;/h2-5,10,20H,6-9,11-12H2,1H3,(H,21,23);1H. The largest absolute Gasteiger partial charge is 0.384 e. The van der Waals surface area contributed by atoms with E-state index in [4.69, 9.17) is 20.9 Å². The van der Waals surface area contributed by atoms with Crippen molar-refractivity contribution in [1.82, 2.24) is 15.8 Å². The summed E-state index contributed by atoms with van der Waals surface area (Å²) in [5.74, 6) is 0.299. The van der Waals surface area contributed by atoms with Crippen molar-refractivity contribution in [1.29, 1.82) is 0 Å².